The number of amides is 1. The molecule has 7 rings (SSSR count). The van der Waals surface area contributed by atoms with Crippen LogP contribution in [0.2, 0.25) is 0 Å². The third-order valence-corrected chi connectivity index (χ3v) is 7.94. The molecule has 47 heavy (non-hydrogen) atoms. The number of aliphatic hydroxyl groups is 5. The summed E-state index contributed by atoms with van der Waals surface area (Å²) >= 11 is 0. The molecule has 7 heterocycles. The molecule has 5 aromatic rings. The molecule has 0 aromatic carbocycles. The summed E-state index contributed by atoms with van der Waals surface area (Å²) in [6.45, 7) is -1.12. The summed E-state index contributed by atoms with van der Waals surface area (Å²) in [5.41, 5.74) is 13.1. The Kier molecular flexibility index (Phi) is 7.54. The maximum absolute atomic E-state index is 12.0. The van der Waals surface area contributed by atoms with E-state index < -0.39 is 62.3 Å². The molecule has 5 aromatic heterocycles. The second-order valence-corrected chi connectivity index (χ2v) is 10.8. The van der Waals surface area contributed by atoms with Crippen LogP contribution in [-0.4, -0.2) is 137 Å². The van der Waals surface area contributed by atoms with Gasteiger partial charge in [0, 0.05) is 13.2 Å². The number of carbonyl (C=O) groups is 1. The molecule has 0 spiro atoms. The molecule has 22 heteroatoms. The quantitative estimate of drug-likeness (QED) is 0.0789. The first-order valence-corrected chi connectivity index (χ1v) is 14.1. The molecule has 2 fully saturated rings. The Morgan fingerprint density at radius 3 is 2.17 bits per heavy atom. The summed E-state index contributed by atoms with van der Waals surface area (Å²) in [6, 6.07) is -0.336. The van der Waals surface area contributed by atoms with Crippen LogP contribution < -0.4 is 21.5 Å². The minimum absolute atomic E-state index is 0.00122. The van der Waals surface area contributed by atoms with Gasteiger partial charge in [-0.25, -0.2) is 14.6 Å². The number of rotatable bonds is 8. The number of aliphatic hydroxyl groups excluding tert-OH is 5. The zero-order valence-electron chi connectivity index (χ0n) is 24.3. The van der Waals surface area contributed by atoms with Gasteiger partial charge in [-0.2, -0.15) is 25.0 Å². The highest BCUT2D eigenvalue weighted by molar-refractivity contribution is 5.93. The van der Waals surface area contributed by atoms with Gasteiger partial charge in [0.1, 0.15) is 36.0 Å². The molecule has 0 aliphatic carbocycles. The van der Waals surface area contributed by atoms with Crippen molar-refractivity contribution in [3.05, 3.63) is 30.6 Å². The molecule has 22 nitrogen and oxygen atoms in total. The van der Waals surface area contributed by atoms with E-state index in [0.29, 0.717) is 0 Å². The standard InChI is InChI=1S/C25H29N13O9/c1-28-21(44)8-2-31-38(3-8)24-32-17(26)11-19(34-24)37(7-30-11)23-16(14(42)10(5-40)46-23)47-25-33-18(27)12-20(35-25)36(6-29-12)22-15(43)13(41)9(4-39)45-22/h2-3,6-7,9-10,13-16,22-23,39-43H,4-5H2,1H3,(H,28,44)(H2,26,32,34)(H2,27,33,35)/t9-,10-,13?,14?,15+,16+,22-,23-/m1/s1. The SMILES string of the molecule is CNC(=O)c1cnn(-c2nc(N)c3ncn([C@@H]4O[C@H](CO)C(O)[C@@H]4Oc4nc(N)c5ncn([C@@H]6O[C@H](CO)C(O)[C@@H]6O)c5n4)c3n2)c1. The van der Waals surface area contributed by atoms with Crippen LogP contribution in [0.25, 0.3) is 28.3 Å². The summed E-state index contributed by atoms with van der Waals surface area (Å²) in [4.78, 5) is 37.8. The van der Waals surface area contributed by atoms with E-state index in [9.17, 15) is 30.3 Å². The minimum Gasteiger partial charge on any atom is -0.452 e. The van der Waals surface area contributed by atoms with E-state index in [-0.39, 0.29) is 57.4 Å². The number of nitrogens with one attached hydrogen (secondary N) is 1. The number of hydrogen-bond acceptors (Lipinski definition) is 18. The van der Waals surface area contributed by atoms with Gasteiger partial charge in [0.15, 0.2) is 47.0 Å². The van der Waals surface area contributed by atoms with Gasteiger partial charge >= 0.3 is 6.01 Å². The fourth-order valence-electron chi connectivity index (χ4n) is 5.52. The van der Waals surface area contributed by atoms with Crippen LogP contribution in [0.15, 0.2) is 25.0 Å². The highest BCUT2D eigenvalue weighted by Crippen LogP contribution is 2.36. The van der Waals surface area contributed by atoms with Crippen molar-refractivity contribution in [2.45, 2.75) is 49.1 Å². The number of nitrogen functional groups attached to an aromatic ring is 2. The Hall–Kier alpha value is -5.10. The van der Waals surface area contributed by atoms with E-state index in [0.717, 1.165) is 0 Å². The molecule has 2 unspecified atom stereocenters. The van der Waals surface area contributed by atoms with Crippen molar-refractivity contribution in [1.29, 1.82) is 0 Å². The van der Waals surface area contributed by atoms with Gasteiger partial charge in [-0.05, 0) is 0 Å². The van der Waals surface area contributed by atoms with Gasteiger partial charge in [0.25, 0.3) is 11.9 Å². The van der Waals surface area contributed by atoms with Gasteiger partial charge < -0.3 is 56.5 Å². The fraction of sp³-hybridized carbons (Fsp3) is 0.440. The van der Waals surface area contributed by atoms with Crippen molar-refractivity contribution in [2.75, 3.05) is 31.7 Å². The van der Waals surface area contributed by atoms with Gasteiger partial charge in [-0.3, -0.25) is 13.9 Å². The molecule has 2 aliphatic heterocycles. The number of anilines is 2. The Bertz CT molecular complexity index is 1960. The monoisotopic (exact) mass is 655 g/mol. The maximum Gasteiger partial charge on any atom is 0.321 e. The number of aromatic nitrogens is 10. The van der Waals surface area contributed by atoms with Crippen molar-refractivity contribution in [3.63, 3.8) is 0 Å². The molecular weight excluding hydrogens is 626 g/mol. The summed E-state index contributed by atoms with van der Waals surface area (Å²) in [5.74, 6) is -0.508. The first kappa shape index (κ1) is 30.5. The fourth-order valence-corrected chi connectivity index (χ4v) is 5.52. The Balaban J connectivity index is 1.25. The van der Waals surface area contributed by atoms with Crippen LogP contribution in [-0.2, 0) is 9.47 Å². The molecule has 0 radical (unpaired) electrons. The molecule has 248 valence electrons. The number of imidazole rings is 2. The molecule has 2 saturated heterocycles. The highest BCUT2D eigenvalue weighted by Gasteiger charge is 2.48. The van der Waals surface area contributed by atoms with Crippen LogP contribution in [0.4, 0.5) is 11.6 Å². The topological polar surface area (TPSA) is 315 Å². The summed E-state index contributed by atoms with van der Waals surface area (Å²) in [6.07, 6.45) is -4.71. The second kappa shape index (κ2) is 11.6. The zero-order valence-corrected chi connectivity index (χ0v) is 24.3. The van der Waals surface area contributed by atoms with E-state index in [1.54, 1.807) is 0 Å². The number of nitrogens with zero attached hydrogens (tertiary/aromatic N) is 10. The predicted molar refractivity (Wildman–Crippen MR) is 154 cm³/mol. The van der Waals surface area contributed by atoms with Crippen molar-refractivity contribution in [1.82, 2.24) is 54.1 Å². The largest absolute Gasteiger partial charge is 0.452 e. The third kappa shape index (κ3) is 4.94. The number of carbonyl (C=O) groups excluding carboxylic acids is 1. The lowest BCUT2D eigenvalue weighted by atomic mass is 10.1. The summed E-state index contributed by atoms with van der Waals surface area (Å²) in [5, 5.41) is 58.1. The third-order valence-electron chi connectivity index (χ3n) is 7.94. The van der Waals surface area contributed by atoms with E-state index in [1.165, 1.54) is 45.9 Å². The molecule has 10 N–H and O–H groups in total. The van der Waals surface area contributed by atoms with Crippen LogP contribution in [0.1, 0.15) is 22.8 Å². The van der Waals surface area contributed by atoms with E-state index >= 15 is 0 Å². The highest BCUT2D eigenvalue weighted by atomic mass is 16.6. The number of nitrogens with two attached hydrogens (primary N) is 2. The molecule has 0 saturated carbocycles. The number of fused-ring (bicyclic) bond motifs is 2. The molecule has 0 bridgehead atoms. The molecule has 2 aliphatic rings. The van der Waals surface area contributed by atoms with Crippen molar-refractivity contribution >= 4 is 39.9 Å². The van der Waals surface area contributed by atoms with Gasteiger partial charge in [0.05, 0.1) is 37.6 Å². The Morgan fingerprint density at radius 2 is 1.51 bits per heavy atom. The first-order valence-electron chi connectivity index (χ1n) is 14.1. The normalized spacial score (nSPS) is 27.6. The van der Waals surface area contributed by atoms with Crippen LogP contribution in [0.5, 0.6) is 6.01 Å². The lowest BCUT2D eigenvalue weighted by molar-refractivity contribution is -0.0513. The van der Waals surface area contributed by atoms with E-state index in [4.69, 9.17) is 25.7 Å². The van der Waals surface area contributed by atoms with Crippen molar-refractivity contribution < 1.29 is 44.5 Å². The number of ether oxygens (including phenoxy) is 3. The minimum atomic E-state index is -1.43. The number of hydrogen-bond donors (Lipinski definition) is 8. The smallest absolute Gasteiger partial charge is 0.321 e. The predicted octanol–water partition coefficient (Wildman–Crippen LogP) is -4.01. The lowest BCUT2D eigenvalue weighted by Gasteiger charge is -2.22. The lowest BCUT2D eigenvalue weighted by Crippen LogP contribution is -2.38. The van der Waals surface area contributed by atoms with Crippen LogP contribution >= 0.6 is 0 Å². The average molecular weight is 656 g/mol. The summed E-state index contributed by atoms with van der Waals surface area (Å²) in [7, 11) is 1.48. The molecule has 1 amide bonds. The van der Waals surface area contributed by atoms with Crippen molar-refractivity contribution in [3.8, 4) is 12.0 Å². The van der Waals surface area contributed by atoms with Gasteiger partial charge in [-0.1, -0.05) is 0 Å². The first-order chi connectivity index (χ1) is 22.6. The maximum atomic E-state index is 12.0. The zero-order chi connectivity index (χ0) is 33.1. The second-order valence-electron chi connectivity index (χ2n) is 10.8. The van der Waals surface area contributed by atoms with Gasteiger partial charge in [0.2, 0.25) is 0 Å². The molecule has 8 atom stereocenters. The van der Waals surface area contributed by atoms with Crippen LogP contribution in [0, 0.1) is 0 Å². The van der Waals surface area contributed by atoms with Gasteiger partial charge in [-0.15, -0.1) is 0 Å². The van der Waals surface area contributed by atoms with Crippen LogP contribution in [0.3, 0.4) is 0 Å². The van der Waals surface area contributed by atoms with E-state index in [1.807, 2.05) is 0 Å². The van der Waals surface area contributed by atoms with Crippen molar-refractivity contribution in [2.24, 2.45) is 0 Å². The Labute approximate surface area is 262 Å². The van der Waals surface area contributed by atoms with E-state index in [2.05, 4.69) is 40.3 Å². The Morgan fingerprint density at radius 1 is 0.894 bits per heavy atom. The molecular formula is C25H29N13O9. The summed E-state index contributed by atoms with van der Waals surface area (Å²) < 4.78 is 21.6. The average Bonchev–Trinajstić information content (AvgIpc) is 3.89.